The van der Waals surface area contributed by atoms with E-state index in [1.807, 2.05) is 0 Å². The molecule has 0 fully saturated rings. The van der Waals surface area contributed by atoms with Crippen molar-refractivity contribution < 1.29 is 39.5 Å². The summed E-state index contributed by atoms with van der Waals surface area (Å²) < 4.78 is 8.91. The third-order valence-corrected chi connectivity index (χ3v) is 2.17. The van der Waals surface area contributed by atoms with Gasteiger partial charge in [-0.1, -0.05) is 12.1 Å². The highest BCUT2D eigenvalue weighted by Gasteiger charge is 2.22. The molecule has 8 nitrogen and oxygen atoms in total. The van der Waals surface area contributed by atoms with Crippen molar-refractivity contribution in [2.45, 2.75) is 12.6 Å². The minimum absolute atomic E-state index is 0.213. The predicted molar refractivity (Wildman–Crippen MR) is 63.5 cm³/mol. The molecular weight excluding hydrogens is 272 g/mol. The molecule has 0 heterocycles. The third-order valence-electron chi connectivity index (χ3n) is 2.17. The monoisotopic (exact) mass is 286 g/mol. The number of carbonyl (C=O) groups excluding carboxylic acids is 2. The average molecular weight is 286 g/mol. The zero-order valence-corrected chi connectivity index (χ0v) is 10.3. The summed E-state index contributed by atoms with van der Waals surface area (Å²) in [5.41, 5.74) is -0.426. The van der Waals surface area contributed by atoms with E-state index in [0.717, 1.165) is 0 Å². The van der Waals surface area contributed by atoms with Gasteiger partial charge in [-0.15, -0.1) is 0 Å². The molecule has 110 valence electrons. The number of aliphatic hydroxyl groups is 4. The largest absolute Gasteiger partial charge is 0.430 e. The SMILES string of the molecule is O=C(OC(O)CO)c1ccccc1C(=O)OC(O)CO. The summed E-state index contributed by atoms with van der Waals surface area (Å²) >= 11 is 0. The molecule has 2 unspecified atom stereocenters. The molecule has 0 aliphatic rings. The first-order valence-corrected chi connectivity index (χ1v) is 5.58. The van der Waals surface area contributed by atoms with Gasteiger partial charge in [0.1, 0.15) is 13.2 Å². The Morgan fingerprint density at radius 2 is 1.25 bits per heavy atom. The second kappa shape index (κ2) is 7.56. The van der Waals surface area contributed by atoms with Gasteiger partial charge in [0.05, 0.1) is 11.1 Å². The molecule has 20 heavy (non-hydrogen) atoms. The zero-order chi connectivity index (χ0) is 15.1. The van der Waals surface area contributed by atoms with Gasteiger partial charge in [0, 0.05) is 0 Å². The van der Waals surface area contributed by atoms with E-state index in [4.69, 9.17) is 20.4 Å². The first-order valence-electron chi connectivity index (χ1n) is 5.58. The van der Waals surface area contributed by atoms with Crippen LogP contribution in [-0.4, -0.2) is 58.2 Å². The molecule has 1 aromatic carbocycles. The van der Waals surface area contributed by atoms with Crippen LogP contribution < -0.4 is 0 Å². The Balaban J connectivity index is 2.93. The highest BCUT2D eigenvalue weighted by molar-refractivity contribution is 6.03. The maximum absolute atomic E-state index is 11.7. The number of rotatable bonds is 6. The molecule has 0 spiro atoms. The predicted octanol–water partition coefficient (Wildman–Crippen LogP) is -1.38. The molecule has 1 rings (SSSR count). The summed E-state index contributed by atoms with van der Waals surface area (Å²) in [5, 5.41) is 35.2. The maximum Gasteiger partial charge on any atom is 0.341 e. The van der Waals surface area contributed by atoms with Gasteiger partial charge in [0.25, 0.3) is 0 Å². The van der Waals surface area contributed by atoms with Gasteiger partial charge in [-0.3, -0.25) is 0 Å². The van der Waals surface area contributed by atoms with Crippen molar-refractivity contribution in [2.24, 2.45) is 0 Å². The van der Waals surface area contributed by atoms with Crippen LogP contribution in [0.15, 0.2) is 24.3 Å². The van der Waals surface area contributed by atoms with E-state index in [0.29, 0.717) is 0 Å². The van der Waals surface area contributed by atoms with Crippen molar-refractivity contribution in [2.75, 3.05) is 13.2 Å². The van der Waals surface area contributed by atoms with E-state index < -0.39 is 37.7 Å². The molecule has 0 saturated heterocycles. The van der Waals surface area contributed by atoms with Crippen LogP contribution in [-0.2, 0) is 9.47 Å². The van der Waals surface area contributed by atoms with Crippen LogP contribution in [0, 0.1) is 0 Å². The van der Waals surface area contributed by atoms with Crippen LogP contribution in [0.25, 0.3) is 0 Å². The van der Waals surface area contributed by atoms with Gasteiger partial charge in [-0.05, 0) is 12.1 Å². The topological polar surface area (TPSA) is 134 Å². The number of carbonyl (C=O) groups is 2. The Labute approximate surface area is 113 Å². The van der Waals surface area contributed by atoms with Crippen molar-refractivity contribution >= 4 is 11.9 Å². The summed E-state index contributed by atoms with van der Waals surface area (Å²) in [5.74, 6) is -2.09. The number of esters is 2. The number of aliphatic hydroxyl groups excluding tert-OH is 4. The fourth-order valence-electron chi connectivity index (χ4n) is 1.29. The maximum atomic E-state index is 11.7. The Hall–Kier alpha value is -2.00. The quantitative estimate of drug-likeness (QED) is 0.371. The molecule has 1 aromatic rings. The molecule has 0 bridgehead atoms. The van der Waals surface area contributed by atoms with E-state index in [9.17, 15) is 9.59 Å². The molecule has 0 saturated carbocycles. The zero-order valence-electron chi connectivity index (χ0n) is 10.3. The van der Waals surface area contributed by atoms with Crippen molar-refractivity contribution in [1.82, 2.24) is 0 Å². The molecule has 0 aliphatic carbocycles. The van der Waals surface area contributed by atoms with Crippen LogP contribution in [0.2, 0.25) is 0 Å². The summed E-state index contributed by atoms with van der Waals surface area (Å²) in [4.78, 5) is 23.4. The summed E-state index contributed by atoms with van der Waals surface area (Å²) in [6.45, 7) is -1.58. The Morgan fingerprint density at radius 1 is 0.900 bits per heavy atom. The Bertz CT molecular complexity index is 429. The van der Waals surface area contributed by atoms with E-state index >= 15 is 0 Å². The number of hydrogen-bond donors (Lipinski definition) is 4. The fraction of sp³-hybridized carbons (Fsp3) is 0.333. The van der Waals surface area contributed by atoms with Crippen LogP contribution in [0.5, 0.6) is 0 Å². The first-order chi connectivity index (χ1) is 9.49. The minimum atomic E-state index is -1.71. The lowest BCUT2D eigenvalue weighted by Crippen LogP contribution is -2.25. The van der Waals surface area contributed by atoms with Crippen molar-refractivity contribution in [3.63, 3.8) is 0 Å². The van der Waals surface area contributed by atoms with E-state index in [1.54, 1.807) is 0 Å². The smallest absolute Gasteiger partial charge is 0.341 e. The summed E-state index contributed by atoms with van der Waals surface area (Å²) in [6.07, 6.45) is -3.43. The minimum Gasteiger partial charge on any atom is -0.430 e. The molecule has 0 aromatic heterocycles. The van der Waals surface area contributed by atoms with E-state index in [1.165, 1.54) is 24.3 Å². The lowest BCUT2D eigenvalue weighted by molar-refractivity contribution is -0.0929. The number of ether oxygens (including phenoxy) is 2. The number of benzene rings is 1. The highest BCUT2D eigenvalue weighted by Crippen LogP contribution is 2.13. The lowest BCUT2D eigenvalue weighted by atomic mass is 10.1. The van der Waals surface area contributed by atoms with Crippen molar-refractivity contribution in [3.05, 3.63) is 35.4 Å². The van der Waals surface area contributed by atoms with Gasteiger partial charge in [-0.25, -0.2) is 9.59 Å². The molecule has 2 atom stereocenters. The molecular formula is C12H14O8. The molecule has 0 radical (unpaired) electrons. The highest BCUT2D eigenvalue weighted by atomic mass is 16.6. The van der Waals surface area contributed by atoms with Gasteiger partial charge < -0.3 is 29.9 Å². The van der Waals surface area contributed by atoms with Gasteiger partial charge in [0.2, 0.25) is 12.6 Å². The van der Waals surface area contributed by atoms with Crippen molar-refractivity contribution in [3.8, 4) is 0 Å². The van der Waals surface area contributed by atoms with Crippen LogP contribution in [0.4, 0.5) is 0 Å². The van der Waals surface area contributed by atoms with Gasteiger partial charge in [-0.2, -0.15) is 0 Å². The molecule has 4 N–H and O–H groups in total. The molecule has 0 amide bonds. The summed E-state index contributed by atoms with van der Waals surface area (Å²) in [6, 6.07) is 5.38. The fourth-order valence-corrected chi connectivity index (χ4v) is 1.29. The van der Waals surface area contributed by atoms with Crippen LogP contribution in [0.1, 0.15) is 20.7 Å². The average Bonchev–Trinajstić information content (AvgIpc) is 2.46. The normalized spacial score (nSPS) is 13.4. The van der Waals surface area contributed by atoms with Gasteiger partial charge in [0.15, 0.2) is 0 Å². The number of hydrogen-bond acceptors (Lipinski definition) is 8. The summed E-state index contributed by atoms with van der Waals surface area (Å²) in [7, 11) is 0. The second-order valence-corrected chi connectivity index (χ2v) is 3.63. The first kappa shape index (κ1) is 16.1. The Kier molecular flexibility index (Phi) is 6.07. The van der Waals surface area contributed by atoms with Crippen LogP contribution >= 0.6 is 0 Å². The standard InChI is InChI=1S/C12H14O8/c13-5-9(15)19-11(17)7-3-1-2-4-8(7)12(18)20-10(16)6-14/h1-4,9-10,13-16H,5-6H2. The van der Waals surface area contributed by atoms with Crippen molar-refractivity contribution in [1.29, 1.82) is 0 Å². The van der Waals surface area contributed by atoms with Gasteiger partial charge >= 0.3 is 11.9 Å². The lowest BCUT2D eigenvalue weighted by Gasteiger charge is -2.13. The van der Waals surface area contributed by atoms with E-state index in [2.05, 4.69) is 9.47 Å². The Morgan fingerprint density at radius 3 is 1.55 bits per heavy atom. The van der Waals surface area contributed by atoms with Crippen LogP contribution in [0.3, 0.4) is 0 Å². The second-order valence-electron chi connectivity index (χ2n) is 3.63. The molecule has 8 heteroatoms. The molecule has 0 aliphatic heterocycles. The van der Waals surface area contributed by atoms with E-state index in [-0.39, 0.29) is 11.1 Å². The third kappa shape index (κ3) is 4.28.